The molecule has 3 heteroatoms. The van der Waals surface area contributed by atoms with Crippen LogP contribution in [0.1, 0.15) is 13.8 Å². The molecular formula is C12H16O2S. The molecule has 0 saturated carbocycles. The van der Waals surface area contributed by atoms with Crippen LogP contribution in [0.15, 0.2) is 47.2 Å². The van der Waals surface area contributed by atoms with Gasteiger partial charge >= 0.3 is 5.97 Å². The van der Waals surface area contributed by atoms with Gasteiger partial charge in [0.2, 0.25) is 0 Å². The van der Waals surface area contributed by atoms with Crippen molar-refractivity contribution in [3.05, 3.63) is 47.2 Å². The van der Waals surface area contributed by atoms with Crippen molar-refractivity contribution < 1.29 is 9.53 Å². The number of hydrogen-bond acceptors (Lipinski definition) is 3. The predicted octanol–water partition coefficient (Wildman–Crippen LogP) is 3.44. The van der Waals surface area contributed by atoms with E-state index in [2.05, 4.69) is 4.74 Å². The van der Waals surface area contributed by atoms with E-state index >= 15 is 0 Å². The predicted molar refractivity (Wildman–Crippen MR) is 64.3 cm³/mol. The van der Waals surface area contributed by atoms with Gasteiger partial charge in [-0.25, -0.2) is 0 Å². The largest absolute Gasteiger partial charge is 0.466 e. The minimum atomic E-state index is -0.211. The first-order valence-corrected chi connectivity index (χ1v) is 5.65. The molecule has 0 aliphatic carbocycles. The fraction of sp³-hybridized carbons (Fsp3) is 0.250. The highest BCUT2D eigenvalue weighted by Gasteiger charge is 1.81. The molecule has 0 aliphatic heterocycles. The van der Waals surface area contributed by atoms with Crippen LogP contribution in [0.25, 0.3) is 0 Å². The Morgan fingerprint density at radius 2 is 1.53 bits per heavy atom. The van der Waals surface area contributed by atoms with E-state index in [0.717, 1.165) is 0 Å². The van der Waals surface area contributed by atoms with E-state index in [4.69, 9.17) is 0 Å². The number of esters is 1. The summed E-state index contributed by atoms with van der Waals surface area (Å²) in [5, 5.41) is 4.08. The SMILES string of the molecule is CCOC(C)=O.c1ccccsccc1. The number of carbonyl (C=O) groups excluding carboxylic acids is 1. The maximum atomic E-state index is 9.82. The summed E-state index contributed by atoms with van der Waals surface area (Å²) in [5.41, 5.74) is 0. The summed E-state index contributed by atoms with van der Waals surface area (Å²) in [6, 6.07) is 12.1. The van der Waals surface area contributed by atoms with Crippen LogP contribution >= 0.6 is 11.3 Å². The summed E-state index contributed by atoms with van der Waals surface area (Å²) in [5.74, 6) is -0.211. The van der Waals surface area contributed by atoms with Crippen LogP contribution in [-0.4, -0.2) is 12.6 Å². The van der Waals surface area contributed by atoms with Crippen molar-refractivity contribution in [2.75, 3.05) is 6.61 Å². The lowest BCUT2D eigenvalue weighted by Crippen LogP contribution is -1.95. The van der Waals surface area contributed by atoms with E-state index < -0.39 is 0 Å². The van der Waals surface area contributed by atoms with Crippen molar-refractivity contribution in [3.63, 3.8) is 0 Å². The fourth-order valence-corrected chi connectivity index (χ4v) is 1.14. The first kappa shape index (κ1) is 13.7. The average molecular weight is 224 g/mol. The van der Waals surface area contributed by atoms with E-state index in [9.17, 15) is 4.79 Å². The molecule has 0 fully saturated rings. The second-order valence-electron chi connectivity index (χ2n) is 2.49. The van der Waals surface area contributed by atoms with Gasteiger partial charge in [-0.3, -0.25) is 4.79 Å². The Kier molecular flexibility index (Phi) is 9.76. The number of rotatable bonds is 1. The lowest BCUT2D eigenvalue weighted by molar-refractivity contribution is -0.140. The van der Waals surface area contributed by atoms with E-state index in [1.807, 2.05) is 47.2 Å². The Bertz CT molecular complexity index is 231. The molecule has 0 unspecified atom stereocenters. The van der Waals surface area contributed by atoms with Crippen molar-refractivity contribution in [2.45, 2.75) is 13.8 Å². The van der Waals surface area contributed by atoms with Crippen LogP contribution in [0.5, 0.6) is 0 Å². The Balaban J connectivity index is 0.000000288. The molecule has 82 valence electrons. The highest BCUT2D eigenvalue weighted by Crippen LogP contribution is 1.88. The second-order valence-corrected chi connectivity index (χ2v) is 3.30. The third-order valence-electron chi connectivity index (χ3n) is 1.22. The van der Waals surface area contributed by atoms with Crippen molar-refractivity contribution in [2.24, 2.45) is 0 Å². The maximum absolute atomic E-state index is 9.82. The summed E-state index contributed by atoms with van der Waals surface area (Å²) >= 11 is 1.68. The molecule has 0 amide bonds. The van der Waals surface area contributed by atoms with E-state index in [1.54, 1.807) is 18.3 Å². The van der Waals surface area contributed by atoms with Gasteiger partial charge < -0.3 is 4.74 Å². The molecular weight excluding hydrogens is 208 g/mol. The van der Waals surface area contributed by atoms with Gasteiger partial charge in [0.05, 0.1) is 6.61 Å². The smallest absolute Gasteiger partial charge is 0.302 e. The standard InChI is InChI=1S/C8H8S.C4H8O2/c1-2-4-6-8-9-7-5-3-1;1-3-6-4(2)5/h1-8H;3H2,1-2H3. The summed E-state index contributed by atoms with van der Waals surface area (Å²) in [6.07, 6.45) is 0. The molecule has 0 atom stereocenters. The lowest BCUT2D eigenvalue weighted by Gasteiger charge is -1.89. The molecule has 0 aliphatic rings. The van der Waals surface area contributed by atoms with Gasteiger partial charge in [-0.05, 0) is 17.7 Å². The Labute approximate surface area is 94.9 Å². The quantitative estimate of drug-likeness (QED) is 0.683. The van der Waals surface area contributed by atoms with Crippen molar-refractivity contribution in [3.8, 4) is 0 Å². The van der Waals surface area contributed by atoms with Crippen molar-refractivity contribution in [1.82, 2.24) is 0 Å². The maximum Gasteiger partial charge on any atom is 0.302 e. The molecule has 1 heterocycles. The van der Waals surface area contributed by atoms with Gasteiger partial charge in [0.25, 0.3) is 0 Å². The van der Waals surface area contributed by atoms with Crippen LogP contribution in [0.4, 0.5) is 0 Å². The van der Waals surface area contributed by atoms with Crippen molar-refractivity contribution >= 4 is 17.3 Å². The first-order valence-electron chi connectivity index (χ1n) is 4.71. The molecule has 1 aromatic rings. The molecule has 1 aromatic heterocycles. The molecule has 15 heavy (non-hydrogen) atoms. The third-order valence-corrected chi connectivity index (χ3v) is 1.85. The zero-order valence-electron chi connectivity index (χ0n) is 9.05. The Morgan fingerprint density at radius 3 is 1.87 bits per heavy atom. The van der Waals surface area contributed by atoms with E-state index in [1.165, 1.54) is 6.92 Å². The van der Waals surface area contributed by atoms with E-state index in [-0.39, 0.29) is 5.97 Å². The van der Waals surface area contributed by atoms with Gasteiger partial charge in [0.15, 0.2) is 0 Å². The van der Waals surface area contributed by atoms with Crippen LogP contribution in [0.2, 0.25) is 0 Å². The molecule has 0 radical (unpaired) electrons. The Hall–Kier alpha value is -1.35. The van der Waals surface area contributed by atoms with Crippen LogP contribution in [-0.2, 0) is 9.53 Å². The van der Waals surface area contributed by atoms with Gasteiger partial charge in [0.1, 0.15) is 0 Å². The lowest BCUT2D eigenvalue weighted by atomic mass is 10.5. The Morgan fingerprint density at radius 1 is 1.07 bits per heavy atom. The normalized spacial score (nSPS) is 7.87. The zero-order chi connectivity index (χ0) is 11.4. The van der Waals surface area contributed by atoms with Crippen LogP contribution in [0.3, 0.4) is 0 Å². The zero-order valence-corrected chi connectivity index (χ0v) is 9.87. The molecule has 0 aromatic carbocycles. The summed E-state index contributed by atoms with van der Waals surface area (Å²) in [6.45, 7) is 3.65. The molecule has 0 saturated heterocycles. The summed E-state index contributed by atoms with van der Waals surface area (Å²) in [4.78, 5) is 9.82. The molecule has 0 N–H and O–H groups in total. The third kappa shape index (κ3) is 12.6. The highest BCUT2D eigenvalue weighted by molar-refractivity contribution is 7.07. The monoisotopic (exact) mass is 224 g/mol. The second kappa shape index (κ2) is 10.7. The molecule has 0 spiro atoms. The minimum Gasteiger partial charge on any atom is -0.466 e. The molecule has 1 rings (SSSR count). The first-order chi connectivity index (χ1) is 7.27. The van der Waals surface area contributed by atoms with Gasteiger partial charge in [-0.15, -0.1) is 0 Å². The highest BCUT2D eigenvalue weighted by atomic mass is 32.1. The van der Waals surface area contributed by atoms with Crippen LogP contribution < -0.4 is 0 Å². The van der Waals surface area contributed by atoms with Gasteiger partial charge in [-0.1, -0.05) is 36.4 Å². The average Bonchev–Trinajstić information content (AvgIpc) is 2.33. The molecule has 2 nitrogen and oxygen atoms in total. The van der Waals surface area contributed by atoms with Gasteiger partial charge in [0, 0.05) is 6.92 Å². The van der Waals surface area contributed by atoms with Crippen LogP contribution in [0, 0.1) is 0 Å². The van der Waals surface area contributed by atoms with E-state index in [0.29, 0.717) is 6.61 Å². The molecule has 0 bridgehead atoms. The number of hydrogen-bond donors (Lipinski definition) is 0. The summed E-state index contributed by atoms with van der Waals surface area (Å²) < 4.78 is 4.40. The fourth-order valence-electron chi connectivity index (χ4n) is 0.687. The summed E-state index contributed by atoms with van der Waals surface area (Å²) in [7, 11) is 0. The topological polar surface area (TPSA) is 26.3 Å². The van der Waals surface area contributed by atoms with Gasteiger partial charge in [-0.2, -0.15) is 11.3 Å². The number of ether oxygens (including phenoxy) is 1. The minimum absolute atomic E-state index is 0.211. The van der Waals surface area contributed by atoms with Crippen molar-refractivity contribution in [1.29, 1.82) is 0 Å². The number of carbonyl (C=O) groups is 1.